The molecule has 1 N–H and O–H groups in total. The van der Waals surface area contributed by atoms with Crippen LogP contribution in [0.15, 0.2) is 61.4 Å². The van der Waals surface area contributed by atoms with Crippen LogP contribution >= 0.6 is 0 Å². The van der Waals surface area contributed by atoms with Crippen LogP contribution in [0.2, 0.25) is 0 Å². The number of amides is 1. The van der Waals surface area contributed by atoms with Crippen LogP contribution in [0.25, 0.3) is 22.4 Å². The second-order valence-corrected chi connectivity index (χ2v) is 5.61. The molecule has 0 aliphatic carbocycles. The smallest absolute Gasteiger partial charge is 0.333 e. The molecule has 0 fully saturated rings. The van der Waals surface area contributed by atoms with Crippen LogP contribution in [-0.4, -0.2) is 20.7 Å². The molecule has 0 aliphatic rings. The summed E-state index contributed by atoms with van der Waals surface area (Å²) < 4.78 is 39.4. The summed E-state index contributed by atoms with van der Waals surface area (Å²) in [5.74, 6) is -0.755. The zero-order valence-electron chi connectivity index (χ0n) is 14.1. The van der Waals surface area contributed by atoms with Gasteiger partial charge in [0.25, 0.3) is 0 Å². The lowest BCUT2D eigenvalue weighted by Gasteiger charge is -2.10. The molecule has 0 aliphatic heterocycles. The summed E-state index contributed by atoms with van der Waals surface area (Å²) in [4.78, 5) is 15.8. The molecule has 138 valence electrons. The molecule has 0 spiro atoms. The summed E-state index contributed by atoms with van der Waals surface area (Å²) in [6, 6.07) is 8.97. The predicted octanol–water partition coefficient (Wildman–Crippen LogP) is 3.95. The Balaban J connectivity index is 2.03. The van der Waals surface area contributed by atoms with E-state index in [1.807, 2.05) is 0 Å². The number of rotatable bonds is 6. The van der Waals surface area contributed by atoms with Gasteiger partial charge in [0.2, 0.25) is 5.91 Å². The van der Waals surface area contributed by atoms with Crippen molar-refractivity contribution in [3.05, 3.63) is 73.0 Å². The van der Waals surface area contributed by atoms with Crippen molar-refractivity contribution in [1.82, 2.24) is 20.1 Å². The van der Waals surface area contributed by atoms with Crippen molar-refractivity contribution in [2.24, 2.45) is 0 Å². The lowest BCUT2D eigenvalue weighted by molar-refractivity contribution is -0.116. The predicted molar refractivity (Wildman–Crippen MR) is 94.1 cm³/mol. The monoisotopic (exact) mass is 372 g/mol. The second-order valence-electron chi connectivity index (χ2n) is 5.61. The zero-order valence-corrected chi connectivity index (χ0v) is 14.1. The maximum Gasteiger partial charge on any atom is 0.333 e. The molecule has 27 heavy (non-hydrogen) atoms. The van der Waals surface area contributed by atoms with E-state index >= 15 is 0 Å². The van der Waals surface area contributed by atoms with Gasteiger partial charge in [0.05, 0.1) is 17.9 Å². The van der Waals surface area contributed by atoms with E-state index in [0.29, 0.717) is 27.1 Å². The fraction of sp³-hybridized carbons (Fsp3) is 0.105. The van der Waals surface area contributed by atoms with E-state index in [2.05, 4.69) is 22.0 Å². The number of benzene rings is 1. The minimum absolute atomic E-state index is 0.0748. The molecule has 0 bridgehead atoms. The quantitative estimate of drug-likeness (QED) is 0.667. The number of aromatic nitrogens is 3. The molecule has 0 atom stereocenters. The fourth-order valence-corrected chi connectivity index (χ4v) is 2.49. The van der Waals surface area contributed by atoms with E-state index in [9.17, 15) is 18.0 Å². The van der Waals surface area contributed by atoms with Crippen LogP contribution in [0.1, 0.15) is 12.2 Å². The normalized spacial score (nSPS) is 10.8. The highest BCUT2D eigenvalue weighted by Crippen LogP contribution is 2.28. The van der Waals surface area contributed by atoms with Crippen LogP contribution < -0.4 is 5.32 Å². The molecule has 3 rings (SSSR count). The number of hydrogen-bond donors (Lipinski definition) is 1. The highest BCUT2D eigenvalue weighted by atomic mass is 19.3. The number of pyridine rings is 1. The lowest BCUT2D eigenvalue weighted by atomic mass is 10.0. The Morgan fingerprint density at radius 2 is 1.96 bits per heavy atom. The number of nitrogens with one attached hydrogen (secondary N) is 1. The van der Waals surface area contributed by atoms with Gasteiger partial charge in [0.1, 0.15) is 5.82 Å². The molecule has 2 aromatic heterocycles. The van der Waals surface area contributed by atoms with Gasteiger partial charge < -0.3 is 5.32 Å². The fourth-order valence-electron chi connectivity index (χ4n) is 2.49. The van der Waals surface area contributed by atoms with Gasteiger partial charge in [0, 0.05) is 23.5 Å². The van der Waals surface area contributed by atoms with Gasteiger partial charge in [-0.25, -0.2) is 9.07 Å². The summed E-state index contributed by atoms with van der Waals surface area (Å²) >= 11 is 0. The van der Waals surface area contributed by atoms with Gasteiger partial charge in [-0.2, -0.15) is 13.9 Å². The minimum Gasteiger partial charge on any atom is -0.347 e. The van der Waals surface area contributed by atoms with Gasteiger partial charge in [-0.05, 0) is 35.9 Å². The topological polar surface area (TPSA) is 59.8 Å². The van der Waals surface area contributed by atoms with E-state index in [0.717, 1.165) is 12.3 Å². The van der Waals surface area contributed by atoms with Gasteiger partial charge in [-0.15, -0.1) is 0 Å². The van der Waals surface area contributed by atoms with Gasteiger partial charge in [-0.3, -0.25) is 9.78 Å². The number of nitrogens with zero attached hydrogens (tertiary/aromatic N) is 3. The van der Waals surface area contributed by atoms with Crippen molar-refractivity contribution in [3.63, 3.8) is 0 Å². The molecule has 3 aromatic rings. The standard InChI is InChI=1S/C19H15F3N4O/c1-2-18(27)24-11-17-15(16-7-8-26(25-16)19(21)22)9-13(10-23-17)12-3-5-14(20)6-4-12/h2-10,19H,1,11H2,(H,24,27). The Morgan fingerprint density at radius 1 is 1.22 bits per heavy atom. The second kappa shape index (κ2) is 7.86. The molecule has 0 saturated heterocycles. The first-order valence-electron chi connectivity index (χ1n) is 7.96. The number of halogens is 3. The number of carbonyl (C=O) groups is 1. The molecule has 8 heteroatoms. The average Bonchev–Trinajstić information content (AvgIpc) is 3.17. The van der Waals surface area contributed by atoms with Crippen LogP contribution in [-0.2, 0) is 11.3 Å². The Labute approximate surface area is 153 Å². The number of hydrogen-bond acceptors (Lipinski definition) is 3. The van der Waals surface area contributed by atoms with Crippen LogP contribution in [0.3, 0.4) is 0 Å². The van der Waals surface area contributed by atoms with E-state index in [4.69, 9.17) is 0 Å². The summed E-state index contributed by atoms with van der Waals surface area (Å²) in [6.45, 7) is 0.682. The Morgan fingerprint density at radius 3 is 2.59 bits per heavy atom. The first-order chi connectivity index (χ1) is 13.0. The van der Waals surface area contributed by atoms with Gasteiger partial charge >= 0.3 is 6.55 Å². The molecule has 5 nitrogen and oxygen atoms in total. The third kappa shape index (κ3) is 4.22. The summed E-state index contributed by atoms with van der Waals surface area (Å²) in [6.07, 6.45) is 3.85. The van der Waals surface area contributed by atoms with Gasteiger partial charge in [0.15, 0.2) is 0 Å². The van der Waals surface area contributed by atoms with Crippen molar-refractivity contribution < 1.29 is 18.0 Å². The first kappa shape index (κ1) is 18.4. The van der Waals surface area contributed by atoms with Crippen molar-refractivity contribution in [2.45, 2.75) is 13.1 Å². The Kier molecular flexibility index (Phi) is 5.35. The maximum atomic E-state index is 13.2. The highest BCUT2D eigenvalue weighted by Gasteiger charge is 2.15. The van der Waals surface area contributed by atoms with E-state index < -0.39 is 6.55 Å². The molecular weight excluding hydrogens is 357 g/mol. The molecule has 0 radical (unpaired) electrons. The zero-order chi connectivity index (χ0) is 19.4. The van der Waals surface area contributed by atoms with E-state index in [1.54, 1.807) is 24.4 Å². The van der Waals surface area contributed by atoms with Crippen molar-refractivity contribution in [1.29, 1.82) is 0 Å². The van der Waals surface area contributed by atoms with Crippen molar-refractivity contribution in [3.8, 4) is 22.4 Å². The molecular formula is C19H15F3N4O. The van der Waals surface area contributed by atoms with Crippen LogP contribution in [0.4, 0.5) is 13.2 Å². The van der Waals surface area contributed by atoms with Gasteiger partial charge in [-0.1, -0.05) is 18.7 Å². The van der Waals surface area contributed by atoms with Crippen molar-refractivity contribution in [2.75, 3.05) is 0 Å². The maximum absolute atomic E-state index is 13.2. The molecule has 0 unspecified atom stereocenters. The van der Waals surface area contributed by atoms with E-state index in [-0.39, 0.29) is 24.0 Å². The third-order valence-corrected chi connectivity index (χ3v) is 3.85. The summed E-state index contributed by atoms with van der Waals surface area (Å²) in [5, 5.41) is 6.47. The average molecular weight is 372 g/mol. The Bertz CT molecular complexity index is 967. The van der Waals surface area contributed by atoms with Crippen LogP contribution in [0, 0.1) is 5.82 Å². The molecule has 2 heterocycles. The van der Waals surface area contributed by atoms with Crippen molar-refractivity contribution >= 4 is 5.91 Å². The Hall–Kier alpha value is -3.42. The SMILES string of the molecule is C=CC(=O)NCc1ncc(-c2ccc(F)cc2)cc1-c1ccn(C(F)F)n1. The largest absolute Gasteiger partial charge is 0.347 e. The van der Waals surface area contributed by atoms with E-state index in [1.165, 1.54) is 18.2 Å². The molecule has 1 amide bonds. The lowest BCUT2D eigenvalue weighted by Crippen LogP contribution is -2.21. The summed E-state index contributed by atoms with van der Waals surface area (Å²) in [5.41, 5.74) is 2.60. The minimum atomic E-state index is -2.77. The highest BCUT2D eigenvalue weighted by molar-refractivity contribution is 5.87. The molecule has 1 aromatic carbocycles. The number of alkyl halides is 2. The van der Waals surface area contributed by atoms with Crippen LogP contribution in [0.5, 0.6) is 0 Å². The summed E-state index contributed by atoms with van der Waals surface area (Å²) in [7, 11) is 0. The first-order valence-corrected chi connectivity index (χ1v) is 7.96. The molecule has 0 saturated carbocycles. The number of carbonyl (C=O) groups excluding carboxylic acids is 1. The third-order valence-electron chi connectivity index (χ3n) is 3.85.